The van der Waals surface area contributed by atoms with Gasteiger partial charge in [-0.05, 0) is 219 Å². The van der Waals surface area contributed by atoms with Crippen LogP contribution in [0.3, 0.4) is 0 Å². The van der Waals surface area contributed by atoms with Crippen molar-refractivity contribution in [2.75, 3.05) is 67.8 Å². The van der Waals surface area contributed by atoms with E-state index in [1.807, 2.05) is 88.0 Å². The van der Waals surface area contributed by atoms with Gasteiger partial charge in [0, 0.05) is 48.4 Å². The lowest BCUT2D eigenvalue weighted by atomic mass is 9.87. The molecule has 4 saturated heterocycles. The molecule has 0 bridgehead atoms. The Labute approximate surface area is 713 Å². The van der Waals surface area contributed by atoms with Crippen molar-refractivity contribution in [1.82, 2.24) is 55.5 Å². The number of nitrogens with zero attached hydrogens (tertiary/aromatic N) is 6. The number of aromatic amines is 2. The molecule has 652 valence electrons. The number of amides is 7. The van der Waals surface area contributed by atoms with E-state index in [1.54, 1.807) is 18.7 Å². The van der Waals surface area contributed by atoms with Gasteiger partial charge >= 0.3 is 30.2 Å². The zero-order chi connectivity index (χ0) is 87.1. The highest BCUT2D eigenvalue weighted by molar-refractivity contribution is 6.03. The SMILES string of the molecule is C=C(OCC(=O)c1ccc(-c2ccc(C(=O)COC(=O)[C@@H]3CCCN3C(=O)[C@@H](NC(=O)OC)C(C)C)c3c2CCC3)c2c1CCC2)[C@@H]1CCCN1C(=O)[C@@H](CC(=O)OC)C(C)C.COC(=O)N[C@H](C(=O)N1CCC[C@H]1c1ncc(-c2ccc(-c3ccc(-c4cnc([C@@H]5CCCN5C(=O)[C@@H](NC(=O)OC)C(C)C)[nH]4)c4c3CCC4)c3c2CCC3)[nH]1)C(C)C. The van der Waals surface area contributed by atoms with Crippen molar-refractivity contribution in [3.05, 3.63) is 141 Å². The second kappa shape index (κ2) is 38.9. The van der Waals surface area contributed by atoms with Crippen LogP contribution < -0.4 is 16.0 Å². The second-order valence-electron chi connectivity index (χ2n) is 34.9. The third-order valence-corrected chi connectivity index (χ3v) is 26.2. The van der Waals surface area contributed by atoms with Gasteiger partial charge in [-0.25, -0.2) is 29.1 Å². The molecule has 4 fully saturated rings. The number of Topliss-reactive ketones (excluding diaryl/α,β-unsaturated/α-hetero) is 2. The van der Waals surface area contributed by atoms with Gasteiger partial charge in [0.05, 0.1) is 82.7 Å². The van der Waals surface area contributed by atoms with Crippen molar-refractivity contribution in [2.45, 2.75) is 233 Å². The highest BCUT2D eigenvalue weighted by atomic mass is 16.6. The molecule has 14 rings (SSSR count). The van der Waals surface area contributed by atoms with E-state index in [1.165, 1.54) is 66.7 Å². The Morgan fingerprint density at radius 2 is 0.738 bits per heavy atom. The van der Waals surface area contributed by atoms with Gasteiger partial charge in [-0.2, -0.15) is 0 Å². The molecule has 122 heavy (non-hydrogen) atoms. The summed E-state index contributed by atoms with van der Waals surface area (Å²) in [6.45, 7) is 20.6. The Kier molecular flexibility index (Phi) is 28.2. The van der Waals surface area contributed by atoms with E-state index in [0.717, 1.165) is 170 Å². The van der Waals surface area contributed by atoms with Gasteiger partial charge in [0.25, 0.3) is 0 Å². The van der Waals surface area contributed by atoms with E-state index >= 15 is 0 Å². The number of H-pyrrole nitrogens is 2. The third kappa shape index (κ3) is 18.6. The Morgan fingerprint density at radius 1 is 0.402 bits per heavy atom. The van der Waals surface area contributed by atoms with Crippen LogP contribution in [0.25, 0.3) is 44.8 Å². The highest BCUT2D eigenvalue weighted by Gasteiger charge is 2.44. The number of fused-ring (bicyclic) bond motifs is 4. The van der Waals surface area contributed by atoms with Crippen LogP contribution in [0.4, 0.5) is 14.4 Å². The lowest BCUT2D eigenvalue weighted by Gasteiger charge is -2.31. The lowest BCUT2D eigenvalue weighted by molar-refractivity contribution is -0.153. The maximum atomic E-state index is 13.8. The Balaban J connectivity index is 0.000000210. The molecule has 28 heteroatoms. The zero-order valence-corrected chi connectivity index (χ0v) is 72.6. The fourth-order valence-electron chi connectivity index (χ4n) is 19.8. The van der Waals surface area contributed by atoms with Gasteiger partial charge in [0.15, 0.2) is 19.0 Å². The number of hydrogen-bond acceptors (Lipinski definition) is 19. The molecule has 0 spiro atoms. The number of alkyl carbamates (subject to hydrolysis) is 3. The lowest BCUT2D eigenvalue weighted by Crippen LogP contribution is -2.54. The number of esters is 2. The number of hydrogen-bond donors (Lipinski definition) is 5. The monoisotopic (exact) mass is 1670 g/mol. The number of aromatic nitrogens is 4. The number of ether oxygens (including phenoxy) is 6. The van der Waals surface area contributed by atoms with Gasteiger partial charge < -0.3 is 73.9 Å². The smallest absolute Gasteiger partial charge is 0.407 e. The highest BCUT2D eigenvalue weighted by Crippen LogP contribution is 2.47. The van der Waals surface area contributed by atoms with Crippen LogP contribution in [-0.4, -0.2) is 203 Å². The molecule has 28 nitrogen and oxygen atoms in total. The van der Waals surface area contributed by atoms with E-state index in [0.29, 0.717) is 68.7 Å². The number of ketones is 2. The topological polar surface area (TPSA) is 350 Å². The fourth-order valence-corrected chi connectivity index (χ4v) is 19.8. The summed E-state index contributed by atoms with van der Waals surface area (Å²) in [5.41, 5.74) is 19.7. The van der Waals surface area contributed by atoms with Crippen molar-refractivity contribution < 1.29 is 81.2 Å². The van der Waals surface area contributed by atoms with Crippen LogP contribution in [-0.2, 0) is 109 Å². The molecule has 4 aliphatic heterocycles. The molecule has 5 N–H and O–H groups in total. The summed E-state index contributed by atoms with van der Waals surface area (Å²) in [5, 5.41) is 8.04. The molecule has 4 aromatic carbocycles. The van der Waals surface area contributed by atoms with Gasteiger partial charge in [0.2, 0.25) is 29.4 Å². The molecule has 8 aliphatic rings. The van der Waals surface area contributed by atoms with Crippen molar-refractivity contribution in [2.24, 2.45) is 29.6 Å². The summed E-state index contributed by atoms with van der Waals surface area (Å²) in [6.07, 6.45) is 18.6. The summed E-state index contributed by atoms with van der Waals surface area (Å²) in [7, 11) is 5.14. The first-order chi connectivity index (χ1) is 58.6. The quantitative estimate of drug-likeness (QED) is 0.0132. The molecule has 6 heterocycles. The average Bonchev–Trinajstić information content (AvgIpc) is 1.56. The molecule has 4 aliphatic carbocycles. The van der Waals surface area contributed by atoms with Gasteiger partial charge in [-0.3, -0.25) is 33.6 Å². The summed E-state index contributed by atoms with van der Waals surface area (Å²) in [5.74, 6) is -1.50. The number of benzene rings is 4. The Bertz CT molecular complexity index is 4690. The van der Waals surface area contributed by atoms with Crippen LogP contribution in [0, 0.1) is 29.6 Å². The molecular weight excluding hydrogens is 1560 g/mol. The first kappa shape index (κ1) is 88.6. The zero-order valence-electron chi connectivity index (χ0n) is 72.6. The summed E-state index contributed by atoms with van der Waals surface area (Å²) >= 11 is 0. The van der Waals surface area contributed by atoms with E-state index < -0.39 is 72.8 Å². The van der Waals surface area contributed by atoms with Crippen LogP contribution in [0.1, 0.15) is 228 Å². The number of imidazole rings is 2. The van der Waals surface area contributed by atoms with Gasteiger partial charge in [-0.15, -0.1) is 0 Å². The molecule has 0 saturated carbocycles. The van der Waals surface area contributed by atoms with Crippen LogP contribution in [0.2, 0.25) is 0 Å². The molecule has 8 atom stereocenters. The second-order valence-corrected chi connectivity index (χ2v) is 34.9. The van der Waals surface area contributed by atoms with Crippen LogP contribution >= 0.6 is 0 Å². The predicted molar refractivity (Wildman–Crippen MR) is 456 cm³/mol. The Hall–Kier alpha value is -11.2. The van der Waals surface area contributed by atoms with E-state index in [9.17, 15) is 52.7 Å². The number of rotatable bonds is 28. The van der Waals surface area contributed by atoms with Gasteiger partial charge in [0.1, 0.15) is 41.6 Å². The fraction of sp³-hybridized carbons (Fsp3) is 0.543. The molecule has 2 aromatic heterocycles. The number of carbonyl (C=O) groups excluding carboxylic acids is 11. The number of carbonyl (C=O) groups is 11. The van der Waals surface area contributed by atoms with Crippen molar-refractivity contribution in [1.29, 1.82) is 0 Å². The summed E-state index contributed by atoms with van der Waals surface area (Å²) in [6, 6.07) is 12.8. The van der Waals surface area contributed by atoms with Crippen LogP contribution in [0.5, 0.6) is 0 Å². The maximum absolute atomic E-state index is 13.8. The van der Waals surface area contributed by atoms with E-state index in [4.69, 9.17) is 33.7 Å². The predicted octanol–water partition coefficient (Wildman–Crippen LogP) is 13.2. The van der Waals surface area contributed by atoms with E-state index in [-0.39, 0.29) is 84.1 Å². The van der Waals surface area contributed by atoms with Crippen molar-refractivity contribution in [3.8, 4) is 44.8 Å². The van der Waals surface area contributed by atoms with Crippen molar-refractivity contribution in [3.63, 3.8) is 0 Å². The minimum Gasteiger partial charge on any atom is -0.488 e. The first-order valence-corrected chi connectivity index (χ1v) is 43.7. The normalized spacial score (nSPS) is 19.1. The number of nitrogens with one attached hydrogen (secondary N) is 5. The van der Waals surface area contributed by atoms with Gasteiger partial charge in [-0.1, -0.05) is 110 Å². The average molecular weight is 1680 g/mol. The largest absolute Gasteiger partial charge is 0.488 e. The summed E-state index contributed by atoms with van der Waals surface area (Å²) in [4.78, 5) is 167. The standard InChI is InChI=1S/C48H61N3O11.C46H58N8O6/c1-27(2)38(24-43(54)59-6)45(55)50-22-10-16-39(50)29(5)61-25-41(52)36-20-18-34(30-12-8-14-32(30)36)35-19-21-37(33-15-9-13-31(33)35)42(53)26-62-47(57)40-17-11-23-51(40)46(56)44(28(3)4)49-48(58)60-7;1-25(2)39(51-45(57)59-5)43(55)53-21-9-15-37(53)41-47-23-35(49-41)33-19-17-31(27-11-7-13-29(27)33)32-18-20-34(30-14-8-12-28(30)32)36-24-48-42(50-36)38-16-10-22-54(38)44(56)40(26(3)4)52-46(58)60-6/h18-21,27-28,38-40,44H,5,8-17,22-26H2,1-4,6-7H3,(H,49,58);17-20,23-26,37-40H,7-16,21-22H2,1-6H3,(H,47,49)(H,48,50)(H,51,57)(H,52,58)/t38-,39-,40-,44-;37-,38-,39-,40-/m00/s1. The van der Waals surface area contributed by atoms with Crippen molar-refractivity contribution >= 4 is 65.4 Å². The first-order valence-electron chi connectivity index (χ1n) is 43.7. The number of methoxy groups -OCH3 is 4. The van der Waals surface area contributed by atoms with E-state index in [2.05, 4.69) is 61.5 Å². The summed E-state index contributed by atoms with van der Waals surface area (Å²) < 4.78 is 30.7. The minimum atomic E-state index is -0.880. The molecule has 0 unspecified atom stereocenters. The van der Waals surface area contributed by atoms with Crippen LogP contribution in [0.15, 0.2) is 73.3 Å². The molecule has 6 aromatic rings. The molecule has 7 amide bonds. The molecule has 0 radical (unpaired) electrons. The number of likely N-dealkylation sites (tertiary alicyclic amines) is 4. The molecular formula is C94H119N11O17. The Morgan fingerprint density at radius 3 is 1.13 bits per heavy atom. The maximum Gasteiger partial charge on any atom is 0.407 e. The minimum absolute atomic E-state index is 0.00323. The third-order valence-electron chi connectivity index (χ3n) is 26.2.